The summed E-state index contributed by atoms with van der Waals surface area (Å²) in [6.45, 7) is 7.65. The van der Waals surface area contributed by atoms with Gasteiger partial charge in [-0.15, -0.1) is 0 Å². The van der Waals surface area contributed by atoms with Crippen LogP contribution < -0.4 is 5.32 Å². The van der Waals surface area contributed by atoms with Gasteiger partial charge in [0.1, 0.15) is 0 Å². The minimum atomic E-state index is 0.541. The van der Waals surface area contributed by atoms with Crippen molar-refractivity contribution in [2.24, 2.45) is 0 Å². The van der Waals surface area contributed by atoms with Crippen LogP contribution in [0.1, 0.15) is 32.4 Å². The minimum Gasteiger partial charge on any atom is -0.313 e. The van der Waals surface area contributed by atoms with Crippen molar-refractivity contribution in [3.8, 4) is 0 Å². The number of rotatable bonds is 5. The van der Waals surface area contributed by atoms with Gasteiger partial charge in [0, 0.05) is 43.8 Å². The molecule has 0 spiro atoms. The Bertz CT molecular complexity index is 319. The standard InChI is InChI=1S/C13H22N4/c1-11(2)17(9-12-4-3-5-15-12)10-13-8-14-6-7-16-13/h6-8,11-12,15H,3-5,9-10H2,1-2H3. The number of hydrogen-bond acceptors (Lipinski definition) is 4. The second-order valence-corrected chi connectivity index (χ2v) is 5.01. The number of nitrogens with zero attached hydrogens (tertiary/aromatic N) is 3. The smallest absolute Gasteiger partial charge is 0.0726 e. The van der Waals surface area contributed by atoms with Crippen LogP contribution in [0.2, 0.25) is 0 Å². The molecule has 1 aliphatic heterocycles. The van der Waals surface area contributed by atoms with Crippen molar-refractivity contribution in [3.63, 3.8) is 0 Å². The predicted octanol–water partition coefficient (Wildman–Crippen LogP) is 1.44. The summed E-state index contributed by atoms with van der Waals surface area (Å²) in [4.78, 5) is 10.9. The zero-order valence-corrected chi connectivity index (χ0v) is 10.8. The van der Waals surface area contributed by atoms with Crippen LogP contribution in [0.15, 0.2) is 18.6 Å². The highest BCUT2D eigenvalue weighted by Gasteiger charge is 2.19. The molecule has 1 N–H and O–H groups in total. The Labute approximate surface area is 103 Å². The zero-order valence-electron chi connectivity index (χ0n) is 10.8. The molecule has 4 heteroatoms. The minimum absolute atomic E-state index is 0.541. The van der Waals surface area contributed by atoms with Crippen LogP contribution in [0.25, 0.3) is 0 Å². The molecule has 1 fully saturated rings. The Morgan fingerprint density at radius 2 is 2.35 bits per heavy atom. The van der Waals surface area contributed by atoms with Gasteiger partial charge in [-0.05, 0) is 33.2 Å². The van der Waals surface area contributed by atoms with Crippen molar-refractivity contribution in [3.05, 3.63) is 24.3 Å². The van der Waals surface area contributed by atoms with E-state index in [-0.39, 0.29) is 0 Å². The predicted molar refractivity (Wildman–Crippen MR) is 68.6 cm³/mol. The van der Waals surface area contributed by atoms with Crippen molar-refractivity contribution in [1.29, 1.82) is 0 Å². The molecule has 4 nitrogen and oxygen atoms in total. The van der Waals surface area contributed by atoms with E-state index in [1.165, 1.54) is 19.4 Å². The SMILES string of the molecule is CC(C)N(Cc1cnccn1)CC1CCCN1. The van der Waals surface area contributed by atoms with Crippen molar-refractivity contribution < 1.29 is 0 Å². The lowest BCUT2D eigenvalue weighted by molar-refractivity contribution is 0.191. The van der Waals surface area contributed by atoms with E-state index in [0.29, 0.717) is 12.1 Å². The largest absolute Gasteiger partial charge is 0.313 e. The summed E-state index contributed by atoms with van der Waals surface area (Å²) < 4.78 is 0. The van der Waals surface area contributed by atoms with Crippen molar-refractivity contribution in [2.75, 3.05) is 13.1 Å². The second kappa shape index (κ2) is 6.07. The highest BCUT2D eigenvalue weighted by Crippen LogP contribution is 2.11. The van der Waals surface area contributed by atoms with Gasteiger partial charge < -0.3 is 5.32 Å². The maximum atomic E-state index is 4.35. The van der Waals surface area contributed by atoms with E-state index in [0.717, 1.165) is 18.8 Å². The normalized spacial score (nSPS) is 20.4. The van der Waals surface area contributed by atoms with E-state index >= 15 is 0 Å². The summed E-state index contributed by atoms with van der Waals surface area (Å²) in [5.41, 5.74) is 1.05. The van der Waals surface area contributed by atoms with Crippen LogP contribution in [0.5, 0.6) is 0 Å². The Balaban J connectivity index is 1.92. The molecule has 1 atom stereocenters. The summed E-state index contributed by atoms with van der Waals surface area (Å²) >= 11 is 0. The third-order valence-corrected chi connectivity index (χ3v) is 3.33. The fourth-order valence-corrected chi connectivity index (χ4v) is 2.27. The molecule has 0 radical (unpaired) electrons. The lowest BCUT2D eigenvalue weighted by Gasteiger charge is -2.28. The average Bonchev–Trinajstić information content (AvgIpc) is 2.82. The van der Waals surface area contributed by atoms with Crippen LogP contribution in [0.4, 0.5) is 0 Å². The highest BCUT2D eigenvalue weighted by molar-refractivity contribution is 4.95. The van der Waals surface area contributed by atoms with Gasteiger partial charge >= 0.3 is 0 Å². The van der Waals surface area contributed by atoms with E-state index in [1.807, 2.05) is 6.20 Å². The zero-order chi connectivity index (χ0) is 12.1. The van der Waals surface area contributed by atoms with Crippen LogP contribution in [-0.4, -0.2) is 40.0 Å². The van der Waals surface area contributed by atoms with E-state index in [4.69, 9.17) is 0 Å². The monoisotopic (exact) mass is 234 g/mol. The molecule has 1 unspecified atom stereocenters. The van der Waals surface area contributed by atoms with Crippen LogP contribution in [-0.2, 0) is 6.54 Å². The van der Waals surface area contributed by atoms with Crippen LogP contribution in [0.3, 0.4) is 0 Å². The van der Waals surface area contributed by atoms with Crippen LogP contribution >= 0.6 is 0 Å². The molecule has 1 aromatic heterocycles. The molecule has 0 bridgehead atoms. The third-order valence-electron chi connectivity index (χ3n) is 3.33. The first-order valence-corrected chi connectivity index (χ1v) is 6.48. The Kier molecular flexibility index (Phi) is 4.45. The Morgan fingerprint density at radius 3 is 2.94 bits per heavy atom. The molecule has 94 valence electrons. The first-order valence-electron chi connectivity index (χ1n) is 6.48. The third kappa shape index (κ3) is 3.75. The molecular weight excluding hydrogens is 212 g/mol. The van der Waals surface area contributed by atoms with Gasteiger partial charge in [0.15, 0.2) is 0 Å². The van der Waals surface area contributed by atoms with Crippen molar-refractivity contribution in [1.82, 2.24) is 20.2 Å². The molecule has 0 amide bonds. The lowest BCUT2D eigenvalue weighted by atomic mass is 10.2. The maximum Gasteiger partial charge on any atom is 0.0726 e. The molecule has 1 saturated heterocycles. The van der Waals surface area contributed by atoms with Gasteiger partial charge in [0.2, 0.25) is 0 Å². The van der Waals surface area contributed by atoms with E-state index in [1.54, 1.807) is 12.4 Å². The summed E-state index contributed by atoms with van der Waals surface area (Å²) in [7, 11) is 0. The summed E-state index contributed by atoms with van der Waals surface area (Å²) in [5, 5.41) is 3.55. The Hall–Kier alpha value is -1.00. The van der Waals surface area contributed by atoms with Crippen molar-refractivity contribution >= 4 is 0 Å². The molecule has 17 heavy (non-hydrogen) atoms. The van der Waals surface area contributed by atoms with Gasteiger partial charge in [-0.1, -0.05) is 0 Å². The van der Waals surface area contributed by atoms with Gasteiger partial charge in [0.05, 0.1) is 5.69 Å². The number of hydrogen-bond donors (Lipinski definition) is 1. The topological polar surface area (TPSA) is 41.1 Å². The molecule has 0 aromatic carbocycles. The van der Waals surface area contributed by atoms with Gasteiger partial charge in [-0.2, -0.15) is 0 Å². The quantitative estimate of drug-likeness (QED) is 0.837. The Morgan fingerprint density at radius 1 is 1.47 bits per heavy atom. The van der Waals surface area contributed by atoms with Gasteiger partial charge in [-0.25, -0.2) is 0 Å². The highest BCUT2D eigenvalue weighted by atomic mass is 15.2. The van der Waals surface area contributed by atoms with E-state index in [9.17, 15) is 0 Å². The lowest BCUT2D eigenvalue weighted by Crippen LogP contribution is -2.40. The number of aromatic nitrogens is 2. The van der Waals surface area contributed by atoms with E-state index < -0.39 is 0 Å². The second-order valence-electron chi connectivity index (χ2n) is 5.01. The van der Waals surface area contributed by atoms with E-state index in [2.05, 4.69) is 34.0 Å². The summed E-state index contributed by atoms with van der Waals surface area (Å²) in [6.07, 6.45) is 7.95. The first kappa shape index (κ1) is 12.5. The van der Waals surface area contributed by atoms with Gasteiger partial charge in [0.25, 0.3) is 0 Å². The molecule has 2 rings (SSSR count). The molecular formula is C13H22N4. The number of nitrogens with one attached hydrogen (secondary N) is 1. The fraction of sp³-hybridized carbons (Fsp3) is 0.692. The fourth-order valence-electron chi connectivity index (χ4n) is 2.27. The van der Waals surface area contributed by atoms with Gasteiger partial charge in [-0.3, -0.25) is 14.9 Å². The summed E-state index contributed by atoms with van der Waals surface area (Å²) in [6, 6.07) is 1.19. The van der Waals surface area contributed by atoms with Crippen molar-refractivity contribution in [2.45, 2.75) is 45.3 Å². The molecule has 0 aliphatic carbocycles. The molecule has 1 aromatic rings. The molecule has 0 saturated carbocycles. The molecule has 1 aliphatic rings. The first-order chi connectivity index (χ1) is 8.25. The summed E-state index contributed by atoms with van der Waals surface area (Å²) in [5.74, 6) is 0. The maximum absolute atomic E-state index is 4.35. The molecule has 2 heterocycles. The van der Waals surface area contributed by atoms with Crippen LogP contribution in [0, 0.1) is 0 Å². The average molecular weight is 234 g/mol.